The zero-order valence-corrected chi connectivity index (χ0v) is 11.5. The second-order valence-electron chi connectivity index (χ2n) is 4.48. The number of carbonyl (C=O) groups is 1. The number of nitrogen functional groups attached to an aromatic ring is 1. The molecule has 0 aliphatic heterocycles. The fraction of sp³-hybridized carbons (Fsp3) is 0.533. The van der Waals surface area contributed by atoms with Crippen LogP contribution >= 0.6 is 0 Å². The van der Waals surface area contributed by atoms with Crippen LogP contribution in [-0.4, -0.2) is 12.4 Å². The molecule has 1 aromatic rings. The first-order chi connectivity index (χ1) is 8.63. The Morgan fingerprint density at radius 3 is 2.44 bits per heavy atom. The number of carbonyl (C=O) groups excluding carboxylic acids is 1. The highest BCUT2D eigenvalue weighted by molar-refractivity contribution is 5.98. The summed E-state index contributed by atoms with van der Waals surface area (Å²) in [5, 5.41) is 0. The molecule has 2 N–H and O–H groups in total. The van der Waals surface area contributed by atoms with E-state index in [0.717, 1.165) is 19.3 Å². The van der Waals surface area contributed by atoms with Crippen LogP contribution in [0.3, 0.4) is 0 Å². The summed E-state index contributed by atoms with van der Waals surface area (Å²) in [4.78, 5) is 12.2. The first-order valence-corrected chi connectivity index (χ1v) is 6.70. The molecule has 0 radical (unpaired) electrons. The van der Waals surface area contributed by atoms with Crippen molar-refractivity contribution >= 4 is 11.5 Å². The molecule has 0 spiro atoms. The number of rotatable bonds is 7. The van der Waals surface area contributed by atoms with Gasteiger partial charge in [0.15, 0.2) is 5.78 Å². The molecule has 0 heterocycles. The van der Waals surface area contributed by atoms with Crippen molar-refractivity contribution in [1.82, 2.24) is 0 Å². The molecule has 0 fully saturated rings. The predicted molar refractivity (Wildman–Crippen MR) is 75.0 cm³/mol. The number of ether oxygens (including phenoxy) is 1. The monoisotopic (exact) mass is 249 g/mol. The van der Waals surface area contributed by atoms with Crippen LogP contribution in [0.4, 0.5) is 5.69 Å². The highest BCUT2D eigenvalue weighted by Gasteiger charge is 2.17. The van der Waals surface area contributed by atoms with E-state index in [1.165, 1.54) is 0 Å². The molecule has 1 aromatic carbocycles. The molecule has 18 heavy (non-hydrogen) atoms. The average Bonchev–Trinajstić information content (AvgIpc) is 2.38. The lowest BCUT2D eigenvalue weighted by Gasteiger charge is -2.13. The third-order valence-electron chi connectivity index (χ3n) is 3.11. The Hall–Kier alpha value is -1.51. The van der Waals surface area contributed by atoms with Gasteiger partial charge in [0.05, 0.1) is 12.3 Å². The van der Waals surface area contributed by atoms with E-state index in [0.29, 0.717) is 23.6 Å². The molecular weight excluding hydrogens is 226 g/mol. The van der Waals surface area contributed by atoms with E-state index in [2.05, 4.69) is 0 Å². The van der Waals surface area contributed by atoms with Gasteiger partial charge in [0.2, 0.25) is 0 Å². The number of Topliss-reactive ketones (excluding diaryl/α,β-unsaturated/α-hetero) is 1. The molecule has 1 rings (SSSR count). The zero-order chi connectivity index (χ0) is 13.5. The predicted octanol–water partition coefficient (Wildman–Crippen LogP) is 3.68. The third kappa shape index (κ3) is 3.49. The Balaban J connectivity index is 2.86. The SMILES string of the molecule is CCCOc1ccc(C(=O)C(CC)CC)cc1N. The lowest BCUT2D eigenvalue weighted by molar-refractivity contribution is 0.0913. The van der Waals surface area contributed by atoms with Crippen LogP contribution in [-0.2, 0) is 0 Å². The summed E-state index contributed by atoms with van der Waals surface area (Å²) in [6, 6.07) is 5.33. The van der Waals surface area contributed by atoms with Gasteiger partial charge in [0.25, 0.3) is 0 Å². The molecule has 0 aliphatic carbocycles. The number of hydrogen-bond acceptors (Lipinski definition) is 3. The first-order valence-electron chi connectivity index (χ1n) is 6.70. The van der Waals surface area contributed by atoms with Crippen molar-refractivity contribution in [2.24, 2.45) is 5.92 Å². The summed E-state index contributed by atoms with van der Waals surface area (Å²) in [5.74, 6) is 0.929. The fourth-order valence-electron chi connectivity index (χ4n) is 1.94. The van der Waals surface area contributed by atoms with Crippen molar-refractivity contribution in [3.63, 3.8) is 0 Å². The minimum atomic E-state index is 0.0896. The summed E-state index contributed by atoms with van der Waals surface area (Å²) < 4.78 is 5.50. The van der Waals surface area contributed by atoms with Gasteiger partial charge in [-0.1, -0.05) is 20.8 Å². The molecule has 0 saturated heterocycles. The minimum absolute atomic E-state index is 0.0896. The molecule has 0 atom stereocenters. The lowest BCUT2D eigenvalue weighted by atomic mass is 9.93. The van der Waals surface area contributed by atoms with E-state index in [-0.39, 0.29) is 11.7 Å². The molecule has 0 bridgehead atoms. The van der Waals surface area contributed by atoms with Gasteiger partial charge in [0, 0.05) is 11.5 Å². The van der Waals surface area contributed by atoms with E-state index in [9.17, 15) is 4.79 Å². The topological polar surface area (TPSA) is 52.3 Å². The van der Waals surface area contributed by atoms with Gasteiger partial charge in [0.1, 0.15) is 5.75 Å². The van der Waals surface area contributed by atoms with E-state index >= 15 is 0 Å². The standard InChI is InChI=1S/C15H23NO2/c1-4-9-18-14-8-7-12(10-13(14)16)15(17)11(5-2)6-3/h7-8,10-11H,4-6,9,16H2,1-3H3. The van der Waals surface area contributed by atoms with Crippen molar-refractivity contribution in [1.29, 1.82) is 0 Å². The van der Waals surface area contributed by atoms with Gasteiger partial charge in [-0.05, 0) is 37.5 Å². The Bertz CT molecular complexity index is 397. The molecule has 0 saturated carbocycles. The summed E-state index contributed by atoms with van der Waals surface area (Å²) in [7, 11) is 0. The van der Waals surface area contributed by atoms with Crippen molar-refractivity contribution in [2.75, 3.05) is 12.3 Å². The van der Waals surface area contributed by atoms with Gasteiger partial charge in [-0.2, -0.15) is 0 Å². The zero-order valence-electron chi connectivity index (χ0n) is 11.5. The number of hydrogen-bond donors (Lipinski definition) is 1. The molecule has 0 amide bonds. The van der Waals surface area contributed by atoms with E-state index in [1.807, 2.05) is 26.8 Å². The Morgan fingerprint density at radius 2 is 1.94 bits per heavy atom. The normalized spacial score (nSPS) is 10.7. The third-order valence-corrected chi connectivity index (χ3v) is 3.11. The van der Waals surface area contributed by atoms with Gasteiger partial charge >= 0.3 is 0 Å². The van der Waals surface area contributed by atoms with Gasteiger partial charge in [-0.25, -0.2) is 0 Å². The van der Waals surface area contributed by atoms with Gasteiger partial charge < -0.3 is 10.5 Å². The average molecular weight is 249 g/mol. The largest absolute Gasteiger partial charge is 0.491 e. The van der Waals surface area contributed by atoms with Crippen LogP contribution < -0.4 is 10.5 Å². The van der Waals surface area contributed by atoms with Crippen molar-refractivity contribution < 1.29 is 9.53 Å². The second kappa shape index (κ2) is 7.04. The van der Waals surface area contributed by atoms with Crippen molar-refractivity contribution in [2.45, 2.75) is 40.0 Å². The van der Waals surface area contributed by atoms with Crippen molar-refractivity contribution in [3.8, 4) is 5.75 Å². The quantitative estimate of drug-likeness (QED) is 0.592. The summed E-state index contributed by atoms with van der Waals surface area (Å²) >= 11 is 0. The van der Waals surface area contributed by atoms with Crippen LogP contribution in [0.25, 0.3) is 0 Å². The van der Waals surface area contributed by atoms with Crippen LogP contribution in [0.2, 0.25) is 0 Å². The van der Waals surface area contributed by atoms with Crippen LogP contribution in [0.5, 0.6) is 5.75 Å². The van der Waals surface area contributed by atoms with Crippen LogP contribution in [0.15, 0.2) is 18.2 Å². The van der Waals surface area contributed by atoms with Crippen LogP contribution in [0.1, 0.15) is 50.4 Å². The lowest BCUT2D eigenvalue weighted by Crippen LogP contribution is -2.13. The molecule has 0 unspecified atom stereocenters. The maximum Gasteiger partial charge on any atom is 0.165 e. The number of ketones is 1. The van der Waals surface area contributed by atoms with E-state index in [1.54, 1.807) is 12.1 Å². The molecule has 100 valence electrons. The first kappa shape index (κ1) is 14.6. The van der Waals surface area contributed by atoms with Gasteiger partial charge in [-0.3, -0.25) is 4.79 Å². The molecular formula is C15H23NO2. The Kier molecular flexibility index (Phi) is 5.69. The smallest absolute Gasteiger partial charge is 0.165 e. The van der Waals surface area contributed by atoms with Crippen molar-refractivity contribution in [3.05, 3.63) is 23.8 Å². The maximum atomic E-state index is 12.2. The summed E-state index contributed by atoms with van der Waals surface area (Å²) in [5.41, 5.74) is 7.13. The fourth-order valence-corrected chi connectivity index (χ4v) is 1.94. The Morgan fingerprint density at radius 1 is 1.28 bits per heavy atom. The highest BCUT2D eigenvalue weighted by atomic mass is 16.5. The maximum absolute atomic E-state index is 12.2. The molecule has 3 heteroatoms. The van der Waals surface area contributed by atoms with E-state index < -0.39 is 0 Å². The van der Waals surface area contributed by atoms with E-state index in [4.69, 9.17) is 10.5 Å². The van der Waals surface area contributed by atoms with Crippen LogP contribution in [0, 0.1) is 5.92 Å². The summed E-state index contributed by atoms with van der Waals surface area (Å²) in [6.45, 7) is 6.76. The van der Waals surface area contributed by atoms with Gasteiger partial charge in [-0.15, -0.1) is 0 Å². The Labute approximate surface area is 109 Å². The number of nitrogens with two attached hydrogens (primary N) is 1. The molecule has 0 aromatic heterocycles. The minimum Gasteiger partial charge on any atom is -0.491 e. The summed E-state index contributed by atoms with van der Waals surface area (Å²) in [6.07, 6.45) is 2.67. The number of anilines is 1. The molecule has 0 aliphatic rings. The number of benzene rings is 1. The molecule has 3 nitrogen and oxygen atoms in total. The highest BCUT2D eigenvalue weighted by Crippen LogP contribution is 2.25. The second-order valence-corrected chi connectivity index (χ2v) is 4.48.